The zero-order valence-electron chi connectivity index (χ0n) is 28.8. The summed E-state index contributed by atoms with van der Waals surface area (Å²) in [6.45, 7) is 19.7. The Morgan fingerprint density at radius 3 is 2.50 bits per heavy atom. The predicted molar refractivity (Wildman–Crippen MR) is 175 cm³/mol. The Kier molecular flexibility index (Phi) is 6.74. The number of phenolic OH excluding ortho intramolecular Hbond substituents is 1. The number of aromatic hydroxyl groups is 1. The molecule has 0 bridgehead atoms. The van der Waals surface area contributed by atoms with Gasteiger partial charge in [-0.3, -0.25) is 0 Å². The van der Waals surface area contributed by atoms with Crippen LogP contribution in [0.5, 0.6) is 11.5 Å². The molecular weight excluding hydrogens is 580 g/mol. The third-order valence-electron chi connectivity index (χ3n) is 14.9. The Hall–Kier alpha value is -2.35. The van der Waals surface area contributed by atoms with Crippen molar-refractivity contribution in [3.63, 3.8) is 0 Å². The van der Waals surface area contributed by atoms with E-state index in [9.17, 15) is 15.0 Å². The molecule has 1 aromatic carbocycles. The Morgan fingerprint density at radius 1 is 1.04 bits per heavy atom. The number of aliphatic hydroxyl groups excluding tert-OH is 1. The average Bonchev–Trinajstić information content (AvgIpc) is 3.61. The molecule has 0 aromatic heterocycles. The third kappa shape index (κ3) is 3.80. The molecular formula is C39H54O7. The quantitative estimate of drug-likeness (QED) is 0.215. The fourth-order valence-electron chi connectivity index (χ4n) is 12.3. The van der Waals surface area contributed by atoms with E-state index in [4.69, 9.17) is 14.2 Å². The monoisotopic (exact) mass is 634 g/mol. The highest BCUT2D eigenvalue weighted by Gasteiger charge is 2.82. The van der Waals surface area contributed by atoms with Crippen LogP contribution in [0.2, 0.25) is 0 Å². The summed E-state index contributed by atoms with van der Waals surface area (Å²) in [6, 6.07) is 2.02. The van der Waals surface area contributed by atoms with Crippen LogP contribution in [0.4, 0.5) is 0 Å². The number of rotatable bonds is 3. The Labute approximate surface area is 274 Å². The first kappa shape index (κ1) is 32.2. The summed E-state index contributed by atoms with van der Waals surface area (Å²) in [7, 11) is 0. The minimum absolute atomic E-state index is 0. The number of esters is 1. The molecule has 46 heavy (non-hydrogen) atoms. The standard InChI is InChI=1S/C39H52O6.H2O/c1-9-35(6)17-18-36(7)23(20-35)11-12-24-21(2)29(40)26(19-25(24)36)43-39-28(22(3)33(42)45-39)32-38(44-32)16-13-27-34(4,5)14-10-15-37(27,8)30(38)31(39)41;/h9,19,23,27,30-32,40-41H,1,10-18,20H2,2-8H3;1H2/t23-,27+,30-,31+,32+,35-,36-,37+,38-,39+;/m0./s1. The van der Waals surface area contributed by atoms with Crippen molar-refractivity contribution < 1.29 is 34.7 Å². The normalized spacial score (nSPS) is 46.3. The van der Waals surface area contributed by atoms with E-state index in [-0.39, 0.29) is 44.9 Å². The summed E-state index contributed by atoms with van der Waals surface area (Å²) in [6.07, 6.45) is 11.0. The molecule has 1 aromatic rings. The predicted octanol–water partition coefficient (Wildman–Crippen LogP) is 6.78. The van der Waals surface area contributed by atoms with Gasteiger partial charge in [-0.1, -0.05) is 47.1 Å². The van der Waals surface area contributed by atoms with E-state index in [2.05, 4.69) is 47.3 Å². The molecule has 7 aliphatic rings. The van der Waals surface area contributed by atoms with Gasteiger partial charge in [0.1, 0.15) is 17.8 Å². The van der Waals surface area contributed by atoms with Crippen LogP contribution in [0.15, 0.2) is 29.9 Å². The van der Waals surface area contributed by atoms with E-state index >= 15 is 0 Å². The van der Waals surface area contributed by atoms with E-state index in [0.717, 1.165) is 63.4 Å². The number of hydrogen-bond acceptors (Lipinski definition) is 6. The number of fused-ring (bicyclic) bond motifs is 7. The number of benzene rings is 1. The molecule has 0 amide bonds. The average molecular weight is 635 g/mol. The van der Waals surface area contributed by atoms with Crippen LogP contribution in [-0.2, 0) is 26.1 Å². The van der Waals surface area contributed by atoms with Crippen LogP contribution < -0.4 is 4.74 Å². The second-order valence-electron chi connectivity index (χ2n) is 17.6. The maximum atomic E-state index is 13.4. The highest BCUT2D eigenvalue weighted by Crippen LogP contribution is 2.73. The number of phenols is 1. The van der Waals surface area contributed by atoms with Gasteiger partial charge in [-0.25, -0.2) is 4.79 Å². The molecule has 2 heterocycles. The van der Waals surface area contributed by atoms with Gasteiger partial charge in [-0.2, -0.15) is 0 Å². The molecule has 7 heteroatoms. The summed E-state index contributed by atoms with van der Waals surface area (Å²) < 4.78 is 19.8. The van der Waals surface area contributed by atoms with Gasteiger partial charge in [0.25, 0.3) is 0 Å². The summed E-state index contributed by atoms with van der Waals surface area (Å²) in [5.41, 5.74) is 3.82. The van der Waals surface area contributed by atoms with E-state index in [1.807, 2.05) is 13.0 Å². The van der Waals surface area contributed by atoms with Crippen molar-refractivity contribution in [2.45, 2.75) is 142 Å². The number of allylic oxidation sites excluding steroid dienone is 1. The molecule has 2 aliphatic heterocycles. The van der Waals surface area contributed by atoms with Gasteiger partial charge in [0.2, 0.25) is 0 Å². The summed E-state index contributed by atoms with van der Waals surface area (Å²) in [5.74, 6) is -1.19. The maximum absolute atomic E-state index is 13.4. The van der Waals surface area contributed by atoms with Crippen LogP contribution in [0, 0.1) is 40.9 Å². The van der Waals surface area contributed by atoms with E-state index in [1.54, 1.807) is 6.92 Å². The molecule has 1 saturated heterocycles. The zero-order valence-corrected chi connectivity index (χ0v) is 28.8. The Morgan fingerprint density at radius 2 is 1.78 bits per heavy atom. The van der Waals surface area contributed by atoms with Crippen LogP contribution >= 0.6 is 0 Å². The minimum atomic E-state index is -1.73. The van der Waals surface area contributed by atoms with Crippen LogP contribution in [0.3, 0.4) is 0 Å². The smallest absolute Gasteiger partial charge is 0.337 e. The number of aliphatic hydroxyl groups is 1. The molecule has 1 spiro atoms. The zero-order chi connectivity index (χ0) is 32.1. The third-order valence-corrected chi connectivity index (χ3v) is 14.9. The van der Waals surface area contributed by atoms with E-state index < -0.39 is 23.5 Å². The second kappa shape index (κ2) is 9.63. The van der Waals surface area contributed by atoms with Crippen molar-refractivity contribution in [1.29, 1.82) is 0 Å². The highest BCUT2D eigenvalue weighted by molar-refractivity contribution is 5.93. The van der Waals surface area contributed by atoms with Gasteiger partial charge in [-0.15, -0.1) is 6.58 Å². The molecule has 4 N–H and O–H groups in total. The van der Waals surface area contributed by atoms with Crippen molar-refractivity contribution in [3.05, 3.63) is 46.6 Å². The van der Waals surface area contributed by atoms with Gasteiger partial charge in [-0.05, 0) is 128 Å². The van der Waals surface area contributed by atoms with E-state index in [0.29, 0.717) is 28.7 Å². The molecule has 8 rings (SSSR count). The lowest BCUT2D eigenvalue weighted by molar-refractivity contribution is -0.251. The fraction of sp³-hybridized carbons (Fsp3) is 0.718. The van der Waals surface area contributed by atoms with Crippen LogP contribution in [0.1, 0.15) is 116 Å². The van der Waals surface area contributed by atoms with Crippen molar-refractivity contribution in [1.82, 2.24) is 0 Å². The van der Waals surface area contributed by atoms with Gasteiger partial charge in [0.15, 0.2) is 11.5 Å². The lowest BCUT2D eigenvalue weighted by atomic mass is 9.43. The molecule has 0 radical (unpaired) electrons. The maximum Gasteiger partial charge on any atom is 0.337 e. The summed E-state index contributed by atoms with van der Waals surface area (Å²) in [5, 5.41) is 24.4. The van der Waals surface area contributed by atoms with Crippen LogP contribution in [0.25, 0.3) is 0 Å². The van der Waals surface area contributed by atoms with Gasteiger partial charge >= 0.3 is 11.8 Å². The Balaban J connectivity index is 0.00000338. The molecule has 7 nitrogen and oxygen atoms in total. The molecule has 4 saturated carbocycles. The molecule has 10 atom stereocenters. The fourth-order valence-corrected chi connectivity index (χ4v) is 12.3. The molecule has 0 unspecified atom stereocenters. The highest BCUT2D eigenvalue weighted by atomic mass is 16.7. The lowest BCUT2D eigenvalue weighted by Gasteiger charge is -2.62. The number of carbonyl (C=O) groups is 1. The number of epoxide rings is 1. The van der Waals surface area contributed by atoms with Crippen molar-refractivity contribution in [2.24, 2.45) is 34.0 Å². The Bertz CT molecular complexity index is 1560. The van der Waals surface area contributed by atoms with Gasteiger partial charge in [0, 0.05) is 11.5 Å². The molecule has 5 fully saturated rings. The first-order valence-electron chi connectivity index (χ1n) is 17.6. The SMILES string of the molecule is C=C[C@@]1(C)CC[C@]2(C)c3cc(O[C@@]45OC(=O)C(C)=C4[C@H]4O[C@]46CC[C@@H]4C(C)(C)CCC[C@@]4(C)[C@@H]6[C@H]5O)c(O)c(C)c3CC[C@H]2C1.O. The molecule has 5 aliphatic carbocycles. The number of ether oxygens (including phenoxy) is 3. The largest absolute Gasteiger partial charge is 0.504 e. The summed E-state index contributed by atoms with van der Waals surface area (Å²) >= 11 is 0. The van der Waals surface area contributed by atoms with Crippen molar-refractivity contribution >= 4 is 5.97 Å². The minimum Gasteiger partial charge on any atom is -0.504 e. The van der Waals surface area contributed by atoms with Gasteiger partial charge < -0.3 is 29.9 Å². The van der Waals surface area contributed by atoms with Gasteiger partial charge in [0.05, 0.1) is 5.57 Å². The number of hydrogen-bond donors (Lipinski definition) is 2. The first-order valence-corrected chi connectivity index (χ1v) is 17.6. The lowest BCUT2D eigenvalue weighted by Crippen LogP contribution is -2.68. The molecule has 252 valence electrons. The summed E-state index contributed by atoms with van der Waals surface area (Å²) in [4.78, 5) is 13.4. The topological polar surface area (TPSA) is 120 Å². The van der Waals surface area contributed by atoms with E-state index in [1.165, 1.54) is 17.5 Å². The van der Waals surface area contributed by atoms with Crippen LogP contribution in [-0.4, -0.2) is 45.3 Å². The second-order valence-corrected chi connectivity index (χ2v) is 17.6. The number of carbonyl (C=O) groups excluding carboxylic acids is 1. The first-order chi connectivity index (χ1) is 21.1. The van der Waals surface area contributed by atoms with Crippen molar-refractivity contribution in [3.8, 4) is 11.5 Å². The van der Waals surface area contributed by atoms with Crippen molar-refractivity contribution in [2.75, 3.05) is 0 Å².